The summed E-state index contributed by atoms with van der Waals surface area (Å²) in [6.07, 6.45) is -5.29. The van der Waals surface area contributed by atoms with E-state index in [1.807, 2.05) is 53.2 Å². The van der Waals surface area contributed by atoms with E-state index in [-0.39, 0.29) is 80.6 Å². The number of nitrogens with two attached hydrogens (primary N) is 1. The number of carboxylic acids is 1. The summed E-state index contributed by atoms with van der Waals surface area (Å²) in [7, 11) is 0. The number of aliphatic hydroxyl groups is 6. The number of aliphatic carboxylic acids is 1. The number of aromatic nitrogens is 2. The van der Waals surface area contributed by atoms with Gasteiger partial charge < -0.3 is 94.3 Å². The number of benzene rings is 3. The lowest BCUT2D eigenvalue weighted by atomic mass is 9.59. The topological polar surface area (TPSA) is 316 Å². The fourth-order valence-electron chi connectivity index (χ4n) is 14.0. The van der Waals surface area contributed by atoms with Crippen LogP contribution in [-0.2, 0) is 43.4 Å². The van der Waals surface area contributed by atoms with Crippen molar-refractivity contribution in [1.29, 1.82) is 0 Å². The molecule has 2 spiro atoms. The lowest BCUT2D eigenvalue weighted by Gasteiger charge is -2.59. The molecule has 21 nitrogen and oxygen atoms in total. The van der Waals surface area contributed by atoms with Gasteiger partial charge in [-0.15, -0.1) is 0 Å². The number of aliphatic hydroxyl groups excluding tert-OH is 5. The highest BCUT2D eigenvalue weighted by molar-refractivity contribution is 5.97. The number of carboxylic acid groups (broad SMARTS) is 1. The lowest BCUT2D eigenvalue weighted by molar-refractivity contribution is -0.377. The van der Waals surface area contributed by atoms with Gasteiger partial charge in [0.2, 0.25) is 18.0 Å². The molecule has 16 atom stereocenters. The molecule has 2 aromatic heterocycles. The number of ether oxygens (including phenoxy) is 7. The van der Waals surface area contributed by atoms with Crippen molar-refractivity contribution in [2.45, 2.75) is 117 Å². The van der Waals surface area contributed by atoms with Crippen molar-refractivity contribution in [2.24, 2.45) is 28.9 Å². The molecule has 2 fully saturated rings. The van der Waals surface area contributed by atoms with Gasteiger partial charge in [-0.2, -0.15) is 0 Å². The van der Waals surface area contributed by atoms with Crippen molar-refractivity contribution < 1.29 is 83.3 Å². The van der Waals surface area contributed by atoms with Crippen molar-refractivity contribution in [3.05, 3.63) is 113 Å². The Balaban J connectivity index is 1.07. The molecule has 21 heteroatoms. The Kier molecular flexibility index (Phi) is 12.3. The number of carbonyl (C=O) groups excluding carboxylic acids is 2. The van der Waals surface area contributed by atoms with E-state index in [2.05, 4.69) is 34.0 Å². The largest absolute Gasteiger partial charge is 0.487 e. The van der Waals surface area contributed by atoms with Gasteiger partial charge in [-0.05, 0) is 67.1 Å². The zero-order valence-corrected chi connectivity index (χ0v) is 42.2. The fraction of sp³-hybridized carbons (Fsp3) is 0.431. The molecule has 79 heavy (non-hydrogen) atoms. The molecule has 1 aliphatic carbocycles. The van der Waals surface area contributed by atoms with Gasteiger partial charge in [0.1, 0.15) is 61.1 Å². The van der Waals surface area contributed by atoms with E-state index in [1.165, 1.54) is 12.3 Å². The number of rotatable bonds is 9. The van der Waals surface area contributed by atoms with Crippen LogP contribution in [0.15, 0.2) is 79.3 Å². The van der Waals surface area contributed by atoms with Crippen LogP contribution in [0.4, 0.5) is 0 Å². The molecule has 1 saturated heterocycles. The Morgan fingerprint density at radius 3 is 2.59 bits per heavy atom. The predicted molar refractivity (Wildman–Crippen MR) is 273 cm³/mol. The van der Waals surface area contributed by atoms with Crippen LogP contribution in [0.5, 0.6) is 28.7 Å². The van der Waals surface area contributed by atoms with Crippen LogP contribution in [0.2, 0.25) is 0 Å². The number of nitrogens with zero attached hydrogens (tertiary/aromatic N) is 1. The first-order chi connectivity index (χ1) is 38.2. The number of aromatic amines is 1. The highest BCUT2D eigenvalue weighted by atomic mass is 16.7. The summed E-state index contributed by atoms with van der Waals surface area (Å²) >= 11 is 0. The maximum absolute atomic E-state index is 14.0. The highest BCUT2D eigenvalue weighted by Gasteiger charge is 2.74. The van der Waals surface area contributed by atoms with Gasteiger partial charge in [0, 0.05) is 64.8 Å². The third-order valence-electron chi connectivity index (χ3n) is 17.7. The molecule has 8 aliphatic heterocycles. The Labute approximate surface area is 450 Å². The van der Waals surface area contributed by atoms with Crippen LogP contribution in [-0.4, -0.2) is 131 Å². The minimum atomic E-state index is -2.52. The number of hydrogen-bond acceptors (Lipinski definition) is 18. The lowest BCUT2D eigenvalue weighted by Crippen LogP contribution is -2.80. The average molecular weight is 1080 g/mol. The van der Waals surface area contributed by atoms with Gasteiger partial charge in [-0.3, -0.25) is 9.59 Å². The third kappa shape index (κ3) is 7.66. The molecule has 5 aromatic rings. The molecular formula is C58H56N4O17. The van der Waals surface area contributed by atoms with Crippen LogP contribution < -0.4 is 34.7 Å². The Morgan fingerprint density at radius 1 is 0.975 bits per heavy atom. The Morgan fingerprint density at radius 2 is 1.81 bits per heavy atom. The molecule has 1 saturated carbocycles. The number of nitrogens with one attached hydrogen (secondary N) is 2. The molecule has 14 rings (SSSR count). The summed E-state index contributed by atoms with van der Waals surface area (Å²) < 4.78 is 48.4. The minimum Gasteiger partial charge on any atom is -0.487 e. The second-order valence-electron chi connectivity index (χ2n) is 21.7. The Bertz CT molecular complexity index is 3470. The first-order valence-electron chi connectivity index (χ1n) is 26.3. The van der Waals surface area contributed by atoms with Gasteiger partial charge in [0.05, 0.1) is 29.7 Å². The number of carbonyl (C=O) groups is 3. The Hall–Kier alpha value is -7.57. The van der Waals surface area contributed by atoms with Crippen molar-refractivity contribution in [2.75, 3.05) is 13.4 Å². The molecule has 0 unspecified atom stereocenters. The summed E-state index contributed by atoms with van der Waals surface area (Å²) in [6.45, 7) is -1.34. The number of hydrogen-bond donors (Lipinski definition) is 10. The van der Waals surface area contributed by atoms with E-state index in [1.54, 1.807) is 18.3 Å². The minimum absolute atomic E-state index is 0.0216. The van der Waals surface area contributed by atoms with Crippen LogP contribution in [0.25, 0.3) is 10.9 Å². The number of esters is 1. The normalized spacial score (nSPS) is 35.2. The van der Waals surface area contributed by atoms with Crippen LogP contribution in [0.1, 0.15) is 77.1 Å². The van der Waals surface area contributed by atoms with Gasteiger partial charge in [-0.1, -0.05) is 60.1 Å². The van der Waals surface area contributed by atoms with Gasteiger partial charge in [-0.25, -0.2) is 0 Å². The molecular weight excluding hydrogens is 1020 g/mol. The smallest absolute Gasteiger partial charge is 0.333 e. The van der Waals surface area contributed by atoms with E-state index in [4.69, 9.17) is 38.9 Å². The van der Waals surface area contributed by atoms with Crippen LogP contribution in [0, 0.1) is 46.9 Å². The summed E-state index contributed by atoms with van der Waals surface area (Å²) in [6, 6.07) is 16.5. The maximum atomic E-state index is 14.0. The van der Waals surface area contributed by atoms with Gasteiger partial charge >= 0.3 is 11.9 Å². The molecule has 10 heterocycles. The summed E-state index contributed by atoms with van der Waals surface area (Å²) in [5.74, 6) is 4.83. The average Bonchev–Trinajstić information content (AvgIpc) is 3.18. The number of fused-ring (bicyclic) bond motifs is 9. The van der Waals surface area contributed by atoms with E-state index >= 15 is 0 Å². The van der Waals surface area contributed by atoms with E-state index < -0.39 is 114 Å². The number of aldehydes is 1. The summed E-state index contributed by atoms with van der Waals surface area (Å²) in [5, 5.41) is 86.0. The standard InChI is InChI=1S/C58H56N4O17/c59-52-51-57(16-18-61-52)49(67)50(68)58(72)55(79-57)76-40-20-41-42(48-43-34-10-11-39(74-27-65)47(46(34)77-48)73-26-32(66)7-9-33(45(43)75-41)29-4-2-1-3-5-29)37(24-62-23-31-13-17-60-44(31)38(62)25-64)36(40)22-56(58)15-12-30(21-56)28(14-19-63)6-8-35(53(69)70)54(71)78-51/h1-5,10-11,13,16-20,23,28,30,32-33,35,43,45,48-52,55,60-61,64-68,72H,12,14-15,21-22,24-27,59H2,(H,69,70)/t28-,30-,32-,33-,35+,43-,45+,48+,49+,50+,51-,52+,55-,56-,57+,58-/m1/s1. The van der Waals surface area contributed by atoms with Crippen molar-refractivity contribution >= 4 is 29.1 Å². The monoisotopic (exact) mass is 1080 g/mol. The first-order valence-corrected chi connectivity index (χ1v) is 26.3. The summed E-state index contributed by atoms with van der Waals surface area (Å²) in [4.78, 5) is 42.5. The molecule has 3 aromatic carbocycles. The molecule has 0 radical (unpaired) electrons. The van der Waals surface area contributed by atoms with E-state index in [0.717, 1.165) is 10.9 Å². The SMILES string of the molecule is N[C@H]1NC=C[C@@]23O[C@H]4Oc5cc6c(c(Cn7cc8cc[nH]c8c7CO)c5C[C@]5(CC[C@H](C5)[C@@H](CC=O)C#C[C@@H](C(=O)O)C(=O)O[C@H]12)[C@@]4(O)[C@@H](O)[C@@H]3O)[C@@H]1Oc2c3ccc(OCO)c2OC[C@H](O)C#C[C@H](c2ccccc2)[C@H](O6)[C@@H]31. The van der Waals surface area contributed by atoms with Crippen LogP contribution in [0.3, 0.4) is 0 Å². The first kappa shape index (κ1) is 50.9. The van der Waals surface area contributed by atoms with Gasteiger partial charge in [0.25, 0.3) is 0 Å². The number of H-pyrrole nitrogens is 1. The van der Waals surface area contributed by atoms with Crippen LogP contribution >= 0.6 is 0 Å². The maximum Gasteiger partial charge on any atom is 0.333 e. The molecule has 11 N–H and O–H groups in total. The summed E-state index contributed by atoms with van der Waals surface area (Å²) in [5.41, 5.74) is 4.52. The fourth-order valence-corrected chi connectivity index (χ4v) is 14.0. The second kappa shape index (κ2) is 19.1. The molecule has 0 amide bonds. The van der Waals surface area contributed by atoms with Crippen molar-refractivity contribution in [1.82, 2.24) is 14.9 Å². The predicted octanol–water partition coefficient (Wildman–Crippen LogP) is 1.86. The van der Waals surface area contributed by atoms with E-state index in [9.17, 15) is 50.1 Å². The van der Waals surface area contributed by atoms with Crippen molar-refractivity contribution in [3.8, 4) is 52.4 Å². The molecule has 9 aliphatic rings. The molecule has 410 valence electrons. The van der Waals surface area contributed by atoms with Gasteiger partial charge in [0.15, 0.2) is 35.6 Å². The van der Waals surface area contributed by atoms with E-state index in [0.29, 0.717) is 39.8 Å². The zero-order chi connectivity index (χ0) is 54.7. The molecule has 9 bridgehead atoms. The zero-order valence-electron chi connectivity index (χ0n) is 42.2. The quantitative estimate of drug-likeness (QED) is 0.0331. The second-order valence-corrected chi connectivity index (χ2v) is 21.7. The van der Waals surface area contributed by atoms with Crippen molar-refractivity contribution in [3.63, 3.8) is 0 Å². The third-order valence-corrected chi connectivity index (χ3v) is 17.7. The highest BCUT2D eigenvalue weighted by Crippen LogP contribution is 2.65.